The molecule has 1 fully saturated rings. The number of halogens is 2. The zero-order valence-corrected chi connectivity index (χ0v) is 17.9. The van der Waals surface area contributed by atoms with Crippen molar-refractivity contribution in [2.75, 3.05) is 12.4 Å². The second-order valence-electron chi connectivity index (χ2n) is 6.53. The summed E-state index contributed by atoms with van der Waals surface area (Å²) in [6.07, 6.45) is 0.0239. The SMILES string of the molecule is COc1ccc(S(=O)(=O)N2C(=O)CC[C@@H]2C(=O)Nc2cc(Cl)cc(Cl)c2)cc1C. The number of rotatable bonds is 5. The van der Waals surface area contributed by atoms with E-state index in [-0.39, 0.29) is 17.7 Å². The van der Waals surface area contributed by atoms with Crippen LogP contribution in [0.15, 0.2) is 41.3 Å². The van der Waals surface area contributed by atoms with E-state index in [0.717, 1.165) is 0 Å². The molecular formula is C19H18Cl2N2O5S. The van der Waals surface area contributed by atoms with E-state index < -0.39 is 27.9 Å². The van der Waals surface area contributed by atoms with Crippen LogP contribution in [0.5, 0.6) is 5.75 Å². The molecule has 1 heterocycles. The predicted octanol–water partition coefficient (Wildman–Crippen LogP) is 3.63. The summed E-state index contributed by atoms with van der Waals surface area (Å²) >= 11 is 11.9. The maximum Gasteiger partial charge on any atom is 0.267 e. The third-order valence-electron chi connectivity index (χ3n) is 4.52. The number of anilines is 1. The minimum Gasteiger partial charge on any atom is -0.496 e. The summed E-state index contributed by atoms with van der Waals surface area (Å²) in [5.41, 5.74) is 0.902. The highest BCUT2D eigenvalue weighted by atomic mass is 35.5. The summed E-state index contributed by atoms with van der Waals surface area (Å²) in [6, 6.07) is 7.55. The Hall–Kier alpha value is -2.29. The molecule has 2 aromatic rings. The fourth-order valence-electron chi connectivity index (χ4n) is 3.18. The number of benzene rings is 2. The van der Waals surface area contributed by atoms with Gasteiger partial charge in [-0.25, -0.2) is 12.7 Å². The second-order valence-corrected chi connectivity index (χ2v) is 9.22. The highest BCUT2D eigenvalue weighted by molar-refractivity contribution is 7.89. The van der Waals surface area contributed by atoms with Crippen LogP contribution in [0, 0.1) is 6.92 Å². The lowest BCUT2D eigenvalue weighted by Crippen LogP contribution is -2.45. The molecule has 1 N–H and O–H groups in total. The van der Waals surface area contributed by atoms with Gasteiger partial charge in [0.05, 0.1) is 12.0 Å². The van der Waals surface area contributed by atoms with Gasteiger partial charge in [-0.1, -0.05) is 23.2 Å². The molecule has 0 spiro atoms. The topological polar surface area (TPSA) is 92.8 Å². The van der Waals surface area contributed by atoms with Gasteiger partial charge in [0.25, 0.3) is 10.0 Å². The van der Waals surface area contributed by atoms with Crippen LogP contribution in [0.1, 0.15) is 18.4 Å². The first-order valence-corrected chi connectivity index (χ1v) is 10.8. The molecule has 1 atom stereocenters. The van der Waals surface area contributed by atoms with Gasteiger partial charge in [0, 0.05) is 22.2 Å². The molecule has 1 saturated heterocycles. The zero-order valence-electron chi connectivity index (χ0n) is 15.6. The van der Waals surface area contributed by atoms with E-state index in [4.69, 9.17) is 27.9 Å². The number of aryl methyl sites for hydroxylation is 1. The van der Waals surface area contributed by atoms with Crippen molar-refractivity contribution in [3.05, 3.63) is 52.0 Å². The molecular weight excluding hydrogens is 439 g/mol. The van der Waals surface area contributed by atoms with Crippen LogP contribution in [0.2, 0.25) is 10.0 Å². The van der Waals surface area contributed by atoms with E-state index in [1.165, 1.54) is 43.5 Å². The van der Waals surface area contributed by atoms with Crippen molar-refractivity contribution in [3.8, 4) is 5.75 Å². The van der Waals surface area contributed by atoms with Crippen molar-refractivity contribution in [2.45, 2.75) is 30.7 Å². The van der Waals surface area contributed by atoms with Crippen LogP contribution in [0.25, 0.3) is 0 Å². The molecule has 2 amide bonds. The Labute approximate surface area is 178 Å². The van der Waals surface area contributed by atoms with E-state index in [1.807, 2.05) is 0 Å². The number of carbonyl (C=O) groups is 2. The lowest BCUT2D eigenvalue weighted by atomic mass is 10.2. The number of ether oxygens (including phenoxy) is 1. The van der Waals surface area contributed by atoms with Crippen LogP contribution in [0.4, 0.5) is 5.69 Å². The molecule has 10 heteroatoms. The number of carbonyl (C=O) groups excluding carboxylic acids is 2. The Morgan fingerprint density at radius 2 is 1.83 bits per heavy atom. The van der Waals surface area contributed by atoms with Gasteiger partial charge in [-0.3, -0.25) is 9.59 Å². The molecule has 0 aromatic heterocycles. The largest absolute Gasteiger partial charge is 0.496 e. The lowest BCUT2D eigenvalue weighted by molar-refractivity contribution is -0.128. The molecule has 2 aromatic carbocycles. The van der Waals surface area contributed by atoms with E-state index in [0.29, 0.717) is 31.4 Å². The molecule has 0 radical (unpaired) electrons. The van der Waals surface area contributed by atoms with Gasteiger partial charge in [-0.15, -0.1) is 0 Å². The second kappa shape index (κ2) is 8.22. The first kappa shape index (κ1) is 21.4. The zero-order chi connectivity index (χ0) is 21.3. The fourth-order valence-corrected chi connectivity index (χ4v) is 5.39. The quantitative estimate of drug-likeness (QED) is 0.741. The average Bonchev–Trinajstić information content (AvgIpc) is 3.03. The number of methoxy groups -OCH3 is 1. The number of sulfonamides is 1. The van der Waals surface area contributed by atoms with Crippen LogP contribution < -0.4 is 10.1 Å². The molecule has 0 saturated carbocycles. The Bertz CT molecular complexity index is 1070. The van der Waals surface area contributed by atoms with Gasteiger partial charge in [0.2, 0.25) is 11.8 Å². The van der Waals surface area contributed by atoms with Crippen molar-refractivity contribution in [1.29, 1.82) is 0 Å². The van der Waals surface area contributed by atoms with E-state index in [9.17, 15) is 18.0 Å². The van der Waals surface area contributed by atoms with Crippen molar-refractivity contribution in [3.63, 3.8) is 0 Å². The Morgan fingerprint density at radius 1 is 1.17 bits per heavy atom. The normalized spacial score (nSPS) is 16.8. The van der Waals surface area contributed by atoms with E-state index in [1.54, 1.807) is 6.92 Å². The summed E-state index contributed by atoms with van der Waals surface area (Å²) in [5, 5.41) is 3.21. The van der Waals surface area contributed by atoms with Crippen molar-refractivity contribution < 1.29 is 22.7 Å². The number of nitrogens with one attached hydrogen (secondary N) is 1. The van der Waals surface area contributed by atoms with Gasteiger partial charge >= 0.3 is 0 Å². The molecule has 3 rings (SSSR count). The molecule has 1 aliphatic heterocycles. The summed E-state index contributed by atoms with van der Waals surface area (Å²) in [5.74, 6) is -0.755. The minimum absolute atomic E-state index is 0.0528. The van der Waals surface area contributed by atoms with Gasteiger partial charge < -0.3 is 10.1 Å². The third-order valence-corrected chi connectivity index (χ3v) is 6.78. The fraction of sp³-hybridized carbons (Fsp3) is 0.263. The Kier molecular flexibility index (Phi) is 6.07. The standard InChI is InChI=1S/C19H18Cl2N2O5S/c1-11-7-15(3-5-17(11)28-2)29(26,27)23-16(4-6-18(23)24)19(25)22-14-9-12(20)8-13(21)10-14/h3,5,7-10,16H,4,6H2,1-2H3,(H,22,25)/t16-/m1/s1. The number of amides is 2. The smallest absolute Gasteiger partial charge is 0.267 e. The maximum atomic E-state index is 13.1. The van der Waals surface area contributed by atoms with Gasteiger partial charge in [-0.05, 0) is 55.3 Å². The summed E-state index contributed by atoms with van der Waals surface area (Å²) in [6.45, 7) is 1.69. The molecule has 1 aliphatic rings. The molecule has 7 nitrogen and oxygen atoms in total. The maximum absolute atomic E-state index is 13.1. The Morgan fingerprint density at radius 3 is 2.41 bits per heavy atom. The number of hydrogen-bond donors (Lipinski definition) is 1. The summed E-state index contributed by atoms with van der Waals surface area (Å²) in [4.78, 5) is 25.1. The highest BCUT2D eigenvalue weighted by Crippen LogP contribution is 2.31. The molecule has 0 aliphatic carbocycles. The van der Waals surface area contributed by atoms with Gasteiger partial charge in [0.15, 0.2) is 0 Å². The minimum atomic E-state index is -4.22. The molecule has 0 unspecified atom stereocenters. The van der Waals surface area contributed by atoms with Crippen LogP contribution >= 0.6 is 23.2 Å². The van der Waals surface area contributed by atoms with E-state index in [2.05, 4.69) is 5.32 Å². The van der Waals surface area contributed by atoms with Crippen LogP contribution in [-0.4, -0.2) is 37.7 Å². The predicted molar refractivity (Wildman–Crippen MR) is 110 cm³/mol. The Balaban J connectivity index is 1.91. The highest BCUT2D eigenvalue weighted by Gasteiger charge is 2.44. The first-order chi connectivity index (χ1) is 13.6. The van der Waals surface area contributed by atoms with Crippen molar-refractivity contribution >= 4 is 50.7 Å². The molecule has 29 heavy (non-hydrogen) atoms. The molecule has 154 valence electrons. The number of nitrogens with zero attached hydrogens (tertiary/aromatic N) is 1. The molecule has 0 bridgehead atoms. The summed E-state index contributed by atoms with van der Waals surface area (Å²) < 4.78 is 32.0. The van der Waals surface area contributed by atoms with Gasteiger partial charge in [0.1, 0.15) is 11.8 Å². The third kappa shape index (κ3) is 4.34. The number of hydrogen-bond acceptors (Lipinski definition) is 5. The van der Waals surface area contributed by atoms with Crippen molar-refractivity contribution in [1.82, 2.24) is 4.31 Å². The first-order valence-electron chi connectivity index (χ1n) is 8.62. The van der Waals surface area contributed by atoms with Crippen LogP contribution in [0.3, 0.4) is 0 Å². The van der Waals surface area contributed by atoms with Crippen LogP contribution in [-0.2, 0) is 19.6 Å². The summed E-state index contributed by atoms with van der Waals surface area (Å²) in [7, 11) is -2.75. The van der Waals surface area contributed by atoms with Gasteiger partial charge in [-0.2, -0.15) is 0 Å². The monoisotopic (exact) mass is 456 g/mol. The average molecular weight is 457 g/mol. The van der Waals surface area contributed by atoms with Crippen molar-refractivity contribution in [2.24, 2.45) is 0 Å². The van der Waals surface area contributed by atoms with E-state index >= 15 is 0 Å². The lowest BCUT2D eigenvalue weighted by Gasteiger charge is -2.24.